The molecule has 0 spiro atoms. The fraction of sp³-hybridized carbons (Fsp3) is 0.235. The van der Waals surface area contributed by atoms with Gasteiger partial charge in [0.15, 0.2) is 0 Å². The second-order valence-corrected chi connectivity index (χ2v) is 4.53. The molecular weight excluding hydrogens is 262 g/mol. The van der Waals surface area contributed by atoms with Crippen LogP contribution in [0.2, 0.25) is 0 Å². The van der Waals surface area contributed by atoms with E-state index in [4.69, 9.17) is 5.73 Å². The summed E-state index contributed by atoms with van der Waals surface area (Å²) in [5.41, 5.74) is 7.95. The molecule has 1 heterocycles. The van der Waals surface area contributed by atoms with Crippen molar-refractivity contribution in [2.45, 2.75) is 20.0 Å². The Bertz CT molecular complexity index is 677. The number of nitrogens with two attached hydrogens (primary N) is 1. The van der Waals surface area contributed by atoms with Gasteiger partial charge in [0.25, 0.3) is 5.91 Å². The lowest BCUT2D eigenvalue weighted by atomic mass is 10.1. The standard InChI is InChI=1S/C17H19N3O/c1-2-20-12-6-10-16(20)17(21)19-13-15-8-4-3-7-14(15)9-5-11-18/h3-4,6-8,10,12H,2,11,13,18H2,1H3,(H,19,21). The van der Waals surface area contributed by atoms with Crippen molar-refractivity contribution in [3.05, 3.63) is 59.4 Å². The van der Waals surface area contributed by atoms with E-state index in [1.165, 1.54) is 0 Å². The number of benzene rings is 1. The topological polar surface area (TPSA) is 60.0 Å². The maximum absolute atomic E-state index is 12.2. The van der Waals surface area contributed by atoms with Crippen LogP contribution < -0.4 is 11.1 Å². The van der Waals surface area contributed by atoms with E-state index in [-0.39, 0.29) is 5.91 Å². The molecule has 1 amide bonds. The van der Waals surface area contributed by atoms with Gasteiger partial charge in [0.1, 0.15) is 5.69 Å². The number of aryl methyl sites for hydroxylation is 1. The molecule has 1 aromatic heterocycles. The first-order valence-electron chi connectivity index (χ1n) is 6.96. The highest BCUT2D eigenvalue weighted by molar-refractivity contribution is 5.92. The molecule has 0 atom stereocenters. The lowest BCUT2D eigenvalue weighted by molar-refractivity contribution is 0.0941. The summed E-state index contributed by atoms with van der Waals surface area (Å²) in [6.45, 7) is 3.55. The average Bonchev–Trinajstić information content (AvgIpc) is 3.00. The third-order valence-corrected chi connectivity index (χ3v) is 3.18. The van der Waals surface area contributed by atoms with Crippen molar-refractivity contribution in [3.63, 3.8) is 0 Å². The minimum absolute atomic E-state index is 0.0802. The molecule has 0 saturated carbocycles. The predicted molar refractivity (Wildman–Crippen MR) is 83.7 cm³/mol. The molecule has 4 nitrogen and oxygen atoms in total. The van der Waals surface area contributed by atoms with E-state index in [9.17, 15) is 4.79 Å². The number of nitrogens with one attached hydrogen (secondary N) is 1. The summed E-state index contributed by atoms with van der Waals surface area (Å²) in [5, 5.41) is 2.93. The fourth-order valence-electron chi connectivity index (χ4n) is 2.10. The molecule has 0 saturated heterocycles. The quantitative estimate of drug-likeness (QED) is 0.839. The van der Waals surface area contributed by atoms with Crippen molar-refractivity contribution in [1.29, 1.82) is 0 Å². The molecule has 0 aliphatic rings. The Kier molecular flexibility index (Phi) is 5.19. The molecule has 21 heavy (non-hydrogen) atoms. The van der Waals surface area contributed by atoms with Crippen LogP contribution in [0.25, 0.3) is 0 Å². The first-order chi connectivity index (χ1) is 10.3. The molecule has 108 valence electrons. The zero-order chi connectivity index (χ0) is 15.1. The van der Waals surface area contributed by atoms with Crippen molar-refractivity contribution in [3.8, 4) is 11.8 Å². The number of carbonyl (C=O) groups excluding carboxylic acids is 1. The maximum Gasteiger partial charge on any atom is 0.268 e. The third-order valence-electron chi connectivity index (χ3n) is 3.18. The Morgan fingerprint density at radius 2 is 2.10 bits per heavy atom. The van der Waals surface area contributed by atoms with Crippen LogP contribution in [0.15, 0.2) is 42.6 Å². The molecule has 0 unspecified atom stereocenters. The first-order valence-corrected chi connectivity index (χ1v) is 6.96. The van der Waals surface area contributed by atoms with Crippen LogP contribution in [0, 0.1) is 11.8 Å². The minimum Gasteiger partial charge on any atom is -0.347 e. The number of amides is 1. The summed E-state index contributed by atoms with van der Waals surface area (Å²) in [4.78, 5) is 12.2. The molecule has 3 N–H and O–H groups in total. The van der Waals surface area contributed by atoms with Crippen molar-refractivity contribution in [2.75, 3.05) is 6.54 Å². The normalized spacial score (nSPS) is 9.81. The largest absolute Gasteiger partial charge is 0.347 e. The molecule has 2 rings (SSSR count). The van der Waals surface area contributed by atoms with E-state index in [0.29, 0.717) is 18.8 Å². The number of hydrogen-bond acceptors (Lipinski definition) is 2. The van der Waals surface area contributed by atoms with Crippen LogP contribution in [0.3, 0.4) is 0 Å². The van der Waals surface area contributed by atoms with Gasteiger partial charge in [-0.25, -0.2) is 0 Å². The number of nitrogens with zero attached hydrogens (tertiary/aromatic N) is 1. The Morgan fingerprint density at radius 1 is 1.29 bits per heavy atom. The third kappa shape index (κ3) is 3.74. The van der Waals surface area contributed by atoms with Crippen LogP contribution in [-0.4, -0.2) is 17.0 Å². The maximum atomic E-state index is 12.2. The van der Waals surface area contributed by atoms with Gasteiger partial charge in [-0.05, 0) is 30.7 Å². The number of rotatable bonds is 4. The highest BCUT2D eigenvalue weighted by Crippen LogP contribution is 2.08. The predicted octanol–water partition coefficient (Wildman–Crippen LogP) is 1.75. The van der Waals surface area contributed by atoms with Gasteiger partial charge in [-0.2, -0.15) is 0 Å². The molecule has 0 bridgehead atoms. The number of aromatic nitrogens is 1. The monoisotopic (exact) mass is 281 g/mol. The summed E-state index contributed by atoms with van der Waals surface area (Å²) >= 11 is 0. The average molecular weight is 281 g/mol. The van der Waals surface area contributed by atoms with E-state index in [1.807, 2.05) is 54.1 Å². The molecule has 0 aliphatic carbocycles. The smallest absolute Gasteiger partial charge is 0.268 e. The molecule has 2 aromatic rings. The highest BCUT2D eigenvalue weighted by atomic mass is 16.1. The Hall–Kier alpha value is -2.51. The zero-order valence-electron chi connectivity index (χ0n) is 12.1. The molecule has 0 fully saturated rings. The number of hydrogen-bond donors (Lipinski definition) is 2. The van der Waals surface area contributed by atoms with Crippen LogP contribution in [0.1, 0.15) is 28.5 Å². The lowest BCUT2D eigenvalue weighted by Gasteiger charge is -2.09. The molecule has 0 radical (unpaired) electrons. The minimum atomic E-state index is -0.0802. The van der Waals surface area contributed by atoms with Gasteiger partial charge in [0.2, 0.25) is 0 Å². The first kappa shape index (κ1) is 14.9. The Labute approximate surface area is 125 Å². The summed E-state index contributed by atoms with van der Waals surface area (Å²) in [7, 11) is 0. The van der Waals surface area contributed by atoms with Gasteiger partial charge in [0.05, 0.1) is 6.54 Å². The fourth-order valence-corrected chi connectivity index (χ4v) is 2.10. The molecular formula is C17H19N3O. The summed E-state index contributed by atoms with van der Waals surface area (Å²) in [6, 6.07) is 11.4. The van der Waals surface area contributed by atoms with Crippen molar-refractivity contribution in [2.24, 2.45) is 5.73 Å². The molecule has 4 heteroatoms. The van der Waals surface area contributed by atoms with Gasteiger partial charge >= 0.3 is 0 Å². The van der Waals surface area contributed by atoms with Crippen LogP contribution in [-0.2, 0) is 13.1 Å². The Balaban J connectivity index is 2.08. The van der Waals surface area contributed by atoms with Gasteiger partial charge in [-0.1, -0.05) is 30.0 Å². The lowest BCUT2D eigenvalue weighted by Crippen LogP contribution is -2.25. The SMILES string of the molecule is CCn1cccc1C(=O)NCc1ccccc1C#CCN. The van der Waals surface area contributed by atoms with Crippen molar-refractivity contribution in [1.82, 2.24) is 9.88 Å². The van der Waals surface area contributed by atoms with E-state index in [0.717, 1.165) is 17.7 Å². The Morgan fingerprint density at radius 3 is 2.86 bits per heavy atom. The summed E-state index contributed by atoms with van der Waals surface area (Å²) in [6.07, 6.45) is 1.90. The summed E-state index contributed by atoms with van der Waals surface area (Å²) in [5.74, 6) is 5.78. The van der Waals surface area contributed by atoms with Gasteiger partial charge in [0, 0.05) is 24.8 Å². The van der Waals surface area contributed by atoms with Crippen molar-refractivity contribution < 1.29 is 4.79 Å². The van der Waals surface area contributed by atoms with E-state index < -0.39 is 0 Å². The van der Waals surface area contributed by atoms with Crippen LogP contribution in [0.4, 0.5) is 0 Å². The second-order valence-electron chi connectivity index (χ2n) is 4.53. The van der Waals surface area contributed by atoms with E-state index in [2.05, 4.69) is 17.2 Å². The van der Waals surface area contributed by atoms with Gasteiger partial charge in [-0.3, -0.25) is 4.79 Å². The van der Waals surface area contributed by atoms with Crippen LogP contribution in [0.5, 0.6) is 0 Å². The van der Waals surface area contributed by atoms with E-state index >= 15 is 0 Å². The van der Waals surface area contributed by atoms with Gasteiger partial charge < -0.3 is 15.6 Å². The van der Waals surface area contributed by atoms with Crippen molar-refractivity contribution >= 4 is 5.91 Å². The number of carbonyl (C=O) groups is 1. The molecule has 1 aromatic carbocycles. The van der Waals surface area contributed by atoms with Crippen LogP contribution >= 0.6 is 0 Å². The second kappa shape index (κ2) is 7.32. The summed E-state index contributed by atoms with van der Waals surface area (Å²) < 4.78 is 1.91. The van der Waals surface area contributed by atoms with E-state index in [1.54, 1.807) is 0 Å². The molecule has 0 aliphatic heterocycles. The zero-order valence-corrected chi connectivity index (χ0v) is 12.1. The highest BCUT2D eigenvalue weighted by Gasteiger charge is 2.10. The van der Waals surface area contributed by atoms with Gasteiger partial charge in [-0.15, -0.1) is 0 Å².